The van der Waals surface area contributed by atoms with Crippen LogP contribution in [0.15, 0.2) is 0 Å². The zero-order valence-corrected chi connectivity index (χ0v) is 18.0. The van der Waals surface area contributed by atoms with Crippen molar-refractivity contribution in [2.45, 2.75) is 128 Å². The zero-order chi connectivity index (χ0) is 20.2. The Bertz CT molecular complexity index is 413. The molecule has 5 nitrogen and oxygen atoms in total. The Morgan fingerprint density at radius 1 is 0.889 bits per heavy atom. The molecule has 2 N–H and O–H groups in total. The molecule has 1 rings (SSSR count). The molecule has 0 spiro atoms. The Labute approximate surface area is 166 Å². The lowest BCUT2D eigenvalue weighted by Gasteiger charge is -2.37. The third kappa shape index (κ3) is 8.93. The molecule has 27 heavy (non-hydrogen) atoms. The number of nitrogens with zero attached hydrogens (tertiary/aromatic N) is 1. The molecule has 0 amide bonds. The van der Waals surface area contributed by atoms with E-state index in [0.717, 1.165) is 57.8 Å². The summed E-state index contributed by atoms with van der Waals surface area (Å²) >= 11 is 0. The number of hydroxylamine groups is 2. The van der Waals surface area contributed by atoms with Crippen LogP contribution in [-0.2, 0) is 9.53 Å². The first-order valence-corrected chi connectivity index (χ1v) is 11.2. The molecule has 1 aliphatic heterocycles. The number of carboxylic acid groups (broad SMARTS) is 1. The second kappa shape index (κ2) is 12.7. The second-order valence-electron chi connectivity index (χ2n) is 8.89. The van der Waals surface area contributed by atoms with E-state index in [4.69, 9.17) is 9.84 Å². The molecule has 1 atom stereocenters. The van der Waals surface area contributed by atoms with Gasteiger partial charge in [-0.2, -0.15) is 5.06 Å². The summed E-state index contributed by atoms with van der Waals surface area (Å²) in [7, 11) is 0. The molecule has 0 saturated carbocycles. The summed E-state index contributed by atoms with van der Waals surface area (Å²) in [5, 5.41) is 20.9. The smallest absolute Gasteiger partial charge is 0.303 e. The highest BCUT2D eigenvalue weighted by molar-refractivity contribution is 5.66. The van der Waals surface area contributed by atoms with Crippen molar-refractivity contribution in [3.05, 3.63) is 0 Å². The van der Waals surface area contributed by atoms with E-state index >= 15 is 0 Å². The minimum atomic E-state index is -0.698. The summed E-state index contributed by atoms with van der Waals surface area (Å²) in [4.78, 5) is 10.5. The predicted molar refractivity (Wildman–Crippen MR) is 109 cm³/mol. The van der Waals surface area contributed by atoms with Crippen molar-refractivity contribution < 1.29 is 19.8 Å². The van der Waals surface area contributed by atoms with E-state index in [9.17, 15) is 10.0 Å². The van der Waals surface area contributed by atoms with E-state index in [0.29, 0.717) is 6.61 Å². The molecule has 1 fully saturated rings. The molecular weight excluding hydrogens is 342 g/mol. The van der Waals surface area contributed by atoms with Crippen LogP contribution in [0.25, 0.3) is 0 Å². The normalized spacial score (nSPS) is 22.4. The van der Waals surface area contributed by atoms with Crippen LogP contribution in [0, 0.1) is 0 Å². The first-order valence-electron chi connectivity index (χ1n) is 11.2. The van der Waals surface area contributed by atoms with E-state index in [1.54, 1.807) is 0 Å². The van der Waals surface area contributed by atoms with Gasteiger partial charge in [0.05, 0.1) is 12.1 Å². The number of unbranched alkanes of at least 4 members (excludes halogenated alkanes) is 10. The van der Waals surface area contributed by atoms with Gasteiger partial charge in [0.2, 0.25) is 0 Å². The van der Waals surface area contributed by atoms with E-state index in [1.807, 2.05) is 13.8 Å². The number of hydrogen-bond donors (Lipinski definition) is 2. The van der Waals surface area contributed by atoms with Gasteiger partial charge in [-0.1, -0.05) is 64.7 Å². The lowest BCUT2D eigenvalue weighted by Crippen LogP contribution is -2.50. The zero-order valence-electron chi connectivity index (χ0n) is 18.0. The molecule has 5 heteroatoms. The van der Waals surface area contributed by atoms with E-state index in [1.165, 1.54) is 37.2 Å². The molecule has 0 aromatic carbocycles. The van der Waals surface area contributed by atoms with Crippen molar-refractivity contribution in [2.24, 2.45) is 0 Å². The van der Waals surface area contributed by atoms with E-state index in [2.05, 4.69) is 6.92 Å². The topological polar surface area (TPSA) is 70.0 Å². The Hall–Kier alpha value is -0.650. The van der Waals surface area contributed by atoms with Crippen LogP contribution in [0.1, 0.15) is 117 Å². The molecule has 0 aromatic rings. The Morgan fingerprint density at radius 3 is 1.81 bits per heavy atom. The summed E-state index contributed by atoms with van der Waals surface area (Å²) in [5.74, 6) is -0.698. The predicted octanol–water partition coefficient (Wildman–Crippen LogP) is 6.14. The largest absolute Gasteiger partial charge is 0.481 e. The molecule has 0 bridgehead atoms. The Morgan fingerprint density at radius 2 is 1.37 bits per heavy atom. The highest BCUT2D eigenvalue weighted by Gasteiger charge is 2.50. The van der Waals surface area contributed by atoms with Crippen LogP contribution in [0.5, 0.6) is 0 Å². The summed E-state index contributed by atoms with van der Waals surface area (Å²) in [5.41, 5.74) is -0.837. The van der Waals surface area contributed by atoms with Gasteiger partial charge in [0, 0.05) is 6.42 Å². The van der Waals surface area contributed by atoms with Gasteiger partial charge in [0.1, 0.15) is 5.72 Å². The van der Waals surface area contributed by atoms with Gasteiger partial charge in [-0.15, -0.1) is 0 Å². The van der Waals surface area contributed by atoms with Crippen molar-refractivity contribution in [3.63, 3.8) is 0 Å². The molecule has 1 heterocycles. The molecular formula is C22H43NO4. The molecule has 0 aliphatic carbocycles. The minimum Gasteiger partial charge on any atom is -0.481 e. The maximum atomic E-state index is 10.8. The van der Waals surface area contributed by atoms with Gasteiger partial charge in [-0.05, 0) is 46.0 Å². The third-order valence-electron chi connectivity index (χ3n) is 5.78. The average Bonchev–Trinajstić information content (AvgIpc) is 2.84. The Kier molecular flexibility index (Phi) is 11.5. The summed E-state index contributed by atoms with van der Waals surface area (Å²) < 4.78 is 6.18. The van der Waals surface area contributed by atoms with Crippen LogP contribution < -0.4 is 0 Å². The van der Waals surface area contributed by atoms with Gasteiger partial charge in [0.25, 0.3) is 0 Å². The fraction of sp³-hybridized carbons (Fsp3) is 0.955. The van der Waals surface area contributed by atoms with Crippen LogP contribution in [-0.4, -0.2) is 39.2 Å². The van der Waals surface area contributed by atoms with Crippen molar-refractivity contribution >= 4 is 5.97 Å². The molecule has 0 aromatic heterocycles. The number of carbonyl (C=O) groups is 1. The molecule has 0 radical (unpaired) electrons. The van der Waals surface area contributed by atoms with Crippen molar-refractivity contribution in [1.82, 2.24) is 5.06 Å². The molecule has 160 valence electrons. The quantitative estimate of drug-likeness (QED) is 0.312. The average molecular weight is 386 g/mol. The summed E-state index contributed by atoms with van der Waals surface area (Å²) in [6.07, 6.45) is 15.7. The number of aliphatic carboxylic acids is 1. The SMILES string of the molecule is CCCCCCCC[C@@]1(CCCCCCCCC(=O)O)OCC(C)(C)N1O. The van der Waals surface area contributed by atoms with Crippen LogP contribution >= 0.6 is 0 Å². The monoisotopic (exact) mass is 385 g/mol. The number of ether oxygens (including phenoxy) is 1. The van der Waals surface area contributed by atoms with Gasteiger partial charge < -0.3 is 15.1 Å². The number of hydrogen-bond acceptors (Lipinski definition) is 4. The molecule has 1 aliphatic rings. The highest BCUT2D eigenvalue weighted by atomic mass is 16.6. The fourth-order valence-electron chi connectivity index (χ4n) is 4.03. The third-order valence-corrected chi connectivity index (χ3v) is 5.78. The standard InChI is InChI=1S/C22H43NO4/c1-4-5-6-7-11-14-17-22(23(26)21(2,3)19-27-22)18-15-12-9-8-10-13-16-20(24)25/h26H,4-19H2,1-3H3,(H,24,25)/t22-/m0/s1. The first-order chi connectivity index (χ1) is 12.8. The van der Waals surface area contributed by atoms with Crippen LogP contribution in [0.3, 0.4) is 0 Å². The maximum absolute atomic E-state index is 10.8. The van der Waals surface area contributed by atoms with E-state index in [-0.39, 0.29) is 12.0 Å². The van der Waals surface area contributed by atoms with Crippen LogP contribution in [0.2, 0.25) is 0 Å². The fourth-order valence-corrected chi connectivity index (χ4v) is 4.03. The van der Waals surface area contributed by atoms with Gasteiger partial charge in [-0.25, -0.2) is 0 Å². The van der Waals surface area contributed by atoms with Gasteiger partial charge >= 0.3 is 5.97 Å². The minimum absolute atomic E-state index is 0.282. The maximum Gasteiger partial charge on any atom is 0.303 e. The highest BCUT2D eigenvalue weighted by Crippen LogP contribution is 2.40. The van der Waals surface area contributed by atoms with Crippen LogP contribution in [0.4, 0.5) is 0 Å². The van der Waals surface area contributed by atoms with Gasteiger partial charge in [-0.3, -0.25) is 4.79 Å². The van der Waals surface area contributed by atoms with Gasteiger partial charge in [0.15, 0.2) is 0 Å². The Balaban J connectivity index is 2.32. The molecule has 1 saturated heterocycles. The summed E-state index contributed by atoms with van der Waals surface area (Å²) in [6, 6.07) is 0. The summed E-state index contributed by atoms with van der Waals surface area (Å²) in [6.45, 7) is 6.89. The van der Waals surface area contributed by atoms with Crippen molar-refractivity contribution in [1.29, 1.82) is 0 Å². The van der Waals surface area contributed by atoms with E-state index < -0.39 is 11.7 Å². The van der Waals surface area contributed by atoms with Crippen molar-refractivity contribution in [2.75, 3.05) is 6.61 Å². The second-order valence-corrected chi connectivity index (χ2v) is 8.89. The van der Waals surface area contributed by atoms with Crippen molar-refractivity contribution in [3.8, 4) is 0 Å². The molecule has 0 unspecified atom stereocenters. The lowest BCUT2D eigenvalue weighted by molar-refractivity contribution is -0.256. The number of carboxylic acids is 1. The lowest BCUT2D eigenvalue weighted by atomic mass is 9.95. The number of rotatable bonds is 16. The first kappa shape index (κ1) is 24.4.